The van der Waals surface area contributed by atoms with Gasteiger partial charge in [0.25, 0.3) is 0 Å². The smallest absolute Gasteiger partial charge is 0.0716 e. The van der Waals surface area contributed by atoms with E-state index in [4.69, 9.17) is 16.3 Å². The Morgan fingerprint density at radius 1 is 1.45 bits per heavy atom. The molecule has 1 rings (SSSR count). The second-order valence-electron chi connectivity index (χ2n) is 2.50. The summed E-state index contributed by atoms with van der Waals surface area (Å²) in [5.41, 5.74) is 2.37. The first-order valence-electron chi connectivity index (χ1n) is 3.48. The van der Waals surface area contributed by atoms with Gasteiger partial charge in [-0.2, -0.15) is 0 Å². The first-order valence-corrected chi connectivity index (χ1v) is 3.86. The zero-order valence-corrected chi connectivity index (χ0v) is 7.48. The summed E-state index contributed by atoms with van der Waals surface area (Å²) in [4.78, 5) is 0. The molecule has 0 heterocycles. The van der Waals surface area contributed by atoms with Gasteiger partial charge in [-0.15, -0.1) is 0 Å². The Morgan fingerprint density at radius 3 is 2.82 bits per heavy atom. The van der Waals surface area contributed by atoms with Crippen molar-refractivity contribution in [3.63, 3.8) is 0 Å². The summed E-state index contributed by atoms with van der Waals surface area (Å²) in [6, 6.07) is 5.81. The lowest BCUT2D eigenvalue weighted by atomic mass is 10.1. The minimum Gasteiger partial charge on any atom is -0.380 e. The zero-order chi connectivity index (χ0) is 8.27. The normalized spacial score (nSPS) is 10.1. The summed E-state index contributed by atoms with van der Waals surface area (Å²) in [7, 11) is 1.68. The molecule has 60 valence electrons. The van der Waals surface area contributed by atoms with Gasteiger partial charge in [-0.25, -0.2) is 0 Å². The van der Waals surface area contributed by atoms with Crippen molar-refractivity contribution < 1.29 is 4.74 Å². The maximum atomic E-state index is 5.80. The first-order chi connectivity index (χ1) is 5.24. The third-order valence-corrected chi connectivity index (χ3v) is 1.85. The Balaban J connectivity index is 2.93. The monoisotopic (exact) mass is 170 g/mol. The van der Waals surface area contributed by atoms with Gasteiger partial charge in [0.05, 0.1) is 6.61 Å². The summed E-state index contributed by atoms with van der Waals surface area (Å²) in [5, 5.41) is 0.766. The summed E-state index contributed by atoms with van der Waals surface area (Å²) in [5.74, 6) is 0. The van der Waals surface area contributed by atoms with Gasteiger partial charge in [-0.3, -0.25) is 0 Å². The van der Waals surface area contributed by atoms with Crippen molar-refractivity contribution in [2.75, 3.05) is 7.11 Å². The van der Waals surface area contributed by atoms with Crippen LogP contribution in [0.5, 0.6) is 0 Å². The highest BCUT2D eigenvalue weighted by atomic mass is 35.5. The van der Waals surface area contributed by atoms with Crippen LogP contribution >= 0.6 is 11.6 Å². The predicted molar refractivity (Wildman–Crippen MR) is 46.9 cm³/mol. The second kappa shape index (κ2) is 3.74. The molecule has 0 aliphatic rings. The molecule has 0 saturated carbocycles. The molecule has 0 unspecified atom stereocenters. The molecule has 0 fully saturated rings. The van der Waals surface area contributed by atoms with E-state index >= 15 is 0 Å². The van der Waals surface area contributed by atoms with Crippen LogP contribution in [0, 0.1) is 6.92 Å². The van der Waals surface area contributed by atoms with Gasteiger partial charge in [0.1, 0.15) is 0 Å². The van der Waals surface area contributed by atoms with Gasteiger partial charge < -0.3 is 4.74 Å². The highest BCUT2D eigenvalue weighted by Crippen LogP contribution is 2.15. The van der Waals surface area contributed by atoms with Crippen LogP contribution in [-0.2, 0) is 11.3 Å². The van der Waals surface area contributed by atoms with Gasteiger partial charge in [-0.05, 0) is 30.2 Å². The molecule has 0 aromatic heterocycles. The lowest BCUT2D eigenvalue weighted by Crippen LogP contribution is -1.90. The summed E-state index contributed by atoms with van der Waals surface area (Å²) < 4.78 is 5.01. The molecule has 0 aliphatic carbocycles. The standard InChI is InChI=1S/C9H11ClO/c1-7-3-4-9(10)5-8(7)6-11-2/h3-5H,6H2,1-2H3. The first kappa shape index (κ1) is 8.57. The van der Waals surface area contributed by atoms with Crippen LogP contribution in [0.3, 0.4) is 0 Å². The third-order valence-electron chi connectivity index (χ3n) is 1.61. The van der Waals surface area contributed by atoms with E-state index < -0.39 is 0 Å². The molecular formula is C9H11ClO. The molecule has 0 saturated heterocycles. The van der Waals surface area contributed by atoms with Gasteiger partial charge in [0.15, 0.2) is 0 Å². The van der Waals surface area contributed by atoms with Crippen molar-refractivity contribution in [2.45, 2.75) is 13.5 Å². The van der Waals surface area contributed by atoms with Crippen LogP contribution in [0.25, 0.3) is 0 Å². The van der Waals surface area contributed by atoms with E-state index in [1.165, 1.54) is 5.56 Å². The molecule has 0 bridgehead atoms. The molecule has 0 amide bonds. The van der Waals surface area contributed by atoms with Gasteiger partial charge >= 0.3 is 0 Å². The van der Waals surface area contributed by atoms with Crippen LogP contribution in [0.4, 0.5) is 0 Å². The lowest BCUT2D eigenvalue weighted by molar-refractivity contribution is 0.184. The van der Waals surface area contributed by atoms with E-state index in [0.29, 0.717) is 6.61 Å². The van der Waals surface area contributed by atoms with Gasteiger partial charge in [0.2, 0.25) is 0 Å². The topological polar surface area (TPSA) is 9.23 Å². The van der Waals surface area contributed by atoms with Crippen LogP contribution in [0.15, 0.2) is 18.2 Å². The molecule has 2 heteroatoms. The largest absolute Gasteiger partial charge is 0.380 e. The second-order valence-corrected chi connectivity index (χ2v) is 2.94. The lowest BCUT2D eigenvalue weighted by Gasteiger charge is -2.03. The maximum absolute atomic E-state index is 5.80. The Morgan fingerprint density at radius 2 is 2.18 bits per heavy atom. The number of rotatable bonds is 2. The quantitative estimate of drug-likeness (QED) is 0.663. The van der Waals surface area contributed by atoms with Crippen molar-refractivity contribution >= 4 is 11.6 Å². The van der Waals surface area contributed by atoms with Crippen molar-refractivity contribution in [1.29, 1.82) is 0 Å². The van der Waals surface area contributed by atoms with Crippen LogP contribution < -0.4 is 0 Å². The average Bonchev–Trinajstić information content (AvgIpc) is 1.98. The van der Waals surface area contributed by atoms with Crippen LogP contribution in [0.2, 0.25) is 5.02 Å². The molecule has 0 spiro atoms. The van der Waals surface area contributed by atoms with Gasteiger partial charge in [-0.1, -0.05) is 17.7 Å². The fourth-order valence-corrected chi connectivity index (χ4v) is 1.15. The number of benzene rings is 1. The third kappa shape index (κ3) is 2.21. The summed E-state index contributed by atoms with van der Waals surface area (Å²) in [6.45, 7) is 2.68. The van der Waals surface area contributed by atoms with Crippen molar-refractivity contribution in [3.05, 3.63) is 34.3 Å². The Hall–Kier alpha value is -0.530. The van der Waals surface area contributed by atoms with Crippen molar-refractivity contribution in [3.8, 4) is 0 Å². The van der Waals surface area contributed by atoms with E-state index in [1.807, 2.05) is 25.1 Å². The predicted octanol–water partition coefficient (Wildman–Crippen LogP) is 2.79. The number of hydrogen-bond donors (Lipinski definition) is 0. The van der Waals surface area contributed by atoms with Crippen LogP contribution in [0.1, 0.15) is 11.1 Å². The number of aryl methyl sites for hydroxylation is 1. The molecule has 0 atom stereocenters. The SMILES string of the molecule is COCc1cc(Cl)ccc1C. The number of ether oxygens (including phenoxy) is 1. The molecule has 1 aromatic rings. The minimum absolute atomic E-state index is 0.631. The number of halogens is 1. The van der Waals surface area contributed by atoms with Crippen molar-refractivity contribution in [1.82, 2.24) is 0 Å². The molecule has 1 nitrogen and oxygen atoms in total. The van der Waals surface area contributed by atoms with E-state index in [0.717, 1.165) is 10.6 Å². The maximum Gasteiger partial charge on any atom is 0.0716 e. The van der Waals surface area contributed by atoms with Gasteiger partial charge in [0, 0.05) is 12.1 Å². The average molecular weight is 171 g/mol. The van der Waals surface area contributed by atoms with E-state index in [9.17, 15) is 0 Å². The minimum atomic E-state index is 0.631. The summed E-state index contributed by atoms with van der Waals surface area (Å²) >= 11 is 5.80. The van der Waals surface area contributed by atoms with E-state index in [-0.39, 0.29) is 0 Å². The van der Waals surface area contributed by atoms with E-state index in [2.05, 4.69) is 0 Å². The molecule has 11 heavy (non-hydrogen) atoms. The fourth-order valence-electron chi connectivity index (χ4n) is 0.951. The number of hydrogen-bond acceptors (Lipinski definition) is 1. The Labute approximate surface area is 71.9 Å². The Bertz CT molecular complexity index is 245. The molecule has 1 aromatic carbocycles. The molecular weight excluding hydrogens is 160 g/mol. The molecule has 0 N–H and O–H groups in total. The number of methoxy groups -OCH3 is 1. The highest BCUT2D eigenvalue weighted by Gasteiger charge is 1.97. The fraction of sp³-hybridized carbons (Fsp3) is 0.333. The summed E-state index contributed by atoms with van der Waals surface area (Å²) in [6.07, 6.45) is 0. The van der Waals surface area contributed by atoms with E-state index in [1.54, 1.807) is 7.11 Å². The Kier molecular flexibility index (Phi) is 2.92. The zero-order valence-electron chi connectivity index (χ0n) is 6.73. The molecule has 0 aliphatic heterocycles. The van der Waals surface area contributed by atoms with Crippen LogP contribution in [-0.4, -0.2) is 7.11 Å². The highest BCUT2D eigenvalue weighted by molar-refractivity contribution is 6.30. The van der Waals surface area contributed by atoms with Crippen molar-refractivity contribution in [2.24, 2.45) is 0 Å². The molecule has 0 radical (unpaired) electrons.